The van der Waals surface area contributed by atoms with Crippen molar-refractivity contribution in [1.82, 2.24) is 10.2 Å². The van der Waals surface area contributed by atoms with Crippen LogP contribution in [0.25, 0.3) is 10.9 Å². The first-order chi connectivity index (χ1) is 11.4. The van der Waals surface area contributed by atoms with E-state index in [0.29, 0.717) is 11.1 Å². The number of hydrogen-bond donors (Lipinski definition) is 2. The Hall–Kier alpha value is -2.67. The van der Waals surface area contributed by atoms with Gasteiger partial charge in [-0.3, -0.25) is 9.89 Å². The molecule has 0 atom stereocenters. The highest BCUT2D eigenvalue weighted by molar-refractivity contribution is 6.32. The van der Waals surface area contributed by atoms with E-state index in [0.717, 1.165) is 11.1 Å². The molecule has 2 N–H and O–H groups in total. The average molecular weight is 352 g/mol. The molecule has 0 saturated carbocycles. The van der Waals surface area contributed by atoms with Gasteiger partial charge >= 0.3 is 6.61 Å². The number of aromatic amines is 1. The van der Waals surface area contributed by atoms with E-state index in [1.165, 1.54) is 18.2 Å². The Labute approximate surface area is 140 Å². The first-order valence-corrected chi connectivity index (χ1v) is 7.32. The first kappa shape index (κ1) is 16.2. The minimum atomic E-state index is -2.97. The lowest BCUT2D eigenvalue weighted by Crippen LogP contribution is -2.13. The van der Waals surface area contributed by atoms with Crippen molar-refractivity contribution in [3.63, 3.8) is 0 Å². The van der Waals surface area contributed by atoms with Gasteiger partial charge in [-0.1, -0.05) is 23.2 Å². The summed E-state index contributed by atoms with van der Waals surface area (Å²) in [6.45, 7) is -1.06. The van der Waals surface area contributed by atoms with Gasteiger partial charge in [-0.05, 0) is 37.3 Å². The van der Waals surface area contributed by atoms with Crippen molar-refractivity contribution in [3.8, 4) is 5.75 Å². The third-order valence-electron chi connectivity index (χ3n) is 3.34. The minimum absolute atomic E-state index is 0.0316. The summed E-state index contributed by atoms with van der Waals surface area (Å²) >= 11 is 5.87. The molecule has 5 nitrogen and oxygen atoms in total. The van der Waals surface area contributed by atoms with Crippen molar-refractivity contribution in [3.05, 3.63) is 52.7 Å². The highest BCUT2D eigenvalue weighted by atomic mass is 35.5. The van der Waals surface area contributed by atoms with Crippen LogP contribution in [0.5, 0.6) is 5.75 Å². The summed E-state index contributed by atoms with van der Waals surface area (Å²) in [6, 6.07) is 9.60. The number of aryl methyl sites for hydroxylation is 1. The molecule has 0 aliphatic heterocycles. The molecule has 24 heavy (non-hydrogen) atoms. The molecule has 0 unspecified atom stereocenters. The zero-order valence-electron chi connectivity index (χ0n) is 12.4. The van der Waals surface area contributed by atoms with Crippen LogP contribution in [-0.4, -0.2) is 22.7 Å². The molecule has 1 heterocycles. The largest absolute Gasteiger partial charge is 0.433 e. The summed E-state index contributed by atoms with van der Waals surface area (Å²) in [4.78, 5) is 12.4. The molecule has 2 aromatic carbocycles. The second-order valence-electron chi connectivity index (χ2n) is 5.10. The fraction of sp³-hybridized carbons (Fsp3) is 0.125. The quantitative estimate of drug-likeness (QED) is 0.733. The van der Waals surface area contributed by atoms with E-state index < -0.39 is 12.5 Å². The Morgan fingerprint density at radius 3 is 2.79 bits per heavy atom. The van der Waals surface area contributed by atoms with Gasteiger partial charge < -0.3 is 10.1 Å². The summed E-state index contributed by atoms with van der Waals surface area (Å²) in [5, 5.41) is 10.1. The van der Waals surface area contributed by atoms with Crippen molar-refractivity contribution in [2.75, 3.05) is 5.32 Å². The predicted octanol–water partition coefficient (Wildman–Crippen LogP) is 4.38. The van der Waals surface area contributed by atoms with Crippen molar-refractivity contribution in [2.45, 2.75) is 13.5 Å². The van der Waals surface area contributed by atoms with Gasteiger partial charge in [0.25, 0.3) is 5.91 Å². The Morgan fingerprint density at radius 2 is 2.08 bits per heavy atom. The lowest BCUT2D eigenvalue weighted by atomic mass is 10.1. The van der Waals surface area contributed by atoms with Gasteiger partial charge in [0.05, 0.1) is 10.5 Å². The number of anilines is 1. The van der Waals surface area contributed by atoms with Crippen LogP contribution < -0.4 is 10.1 Å². The molecule has 3 rings (SSSR count). The van der Waals surface area contributed by atoms with Gasteiger partial charge in [0.2, 0.25) is 0 Å². The molecule has 0 fully saturated rings. The van der Waals surface area contributed by atoms with Gasteiger partial charge in [0.15, 0.2) is 5.69 Å². The molecule has 0 bridgehead atoms. The maximum Gasteiger partial charge on any atom is 0.387 e. The Balaban J connectivity index is 1.84. The number of carbonyl (C=O) groups excluding carboxylic acids is 1. The van der Waals surface area contributed by atoms with Gasteiger partial charge in [0.1, 0.15) is 5.75 Å². The van der Waals surface area contributed by atoms with Crippen molar-refractivity contribution in [1.29, 1.82) is 0 Å². The normalized spacial score (nSPS) is 11.0. The molecule has 0 saturated heterocycles. The van der Waals surface area contributed by atoms with E-state index in [2.05, 4.69) is 20.3 Å². The minimum Gasteiger partial charge on any atom is -0.433 e. The van der Waals surface area contributed by atoms with Crippen molar-refractivity contribution < 1.29 is 18.3 Å². The first-order valence-electron chi connectivity index (χ1n) is 6.94. The maximum absolute atomic E-state index is 12.4. The number of amides is 1. The number of nitrogens with zero attached hydrogens (tertiary/aromatic N) is 1. The average Bonchev–Trinajstić information content (AvgIpc) is 2.92. The number of fused-ring (bicyclic) bond motifs is 1. The van der Waals surface area contributed by atoms with Gasteiger partial charge in [0, 0.05) is 11.1 Å². The second kappa shape index (κ2) is 6.45. The van der Waals surface area contributed by atoms with E-state index in [1.54, 1.807) is 0 Å². The molecule has 0 aliphatic rings. The number of halogens is 3. The lowest BCUT2D eigenvalue weighted by molar-refractivity contribution is -0.0497. The van der Waals surface area contributed by atoms with Crippen LogP contribution in [-0.2, 0) is 0 Å². The van der Waals surface area contributed by atoms with Crippen molar-refractivity contribution in [2.24, 2.45) is 0 Å². The van der Waals surface area contributed by atoms with Crippen LogP contribution in [0.3, 0.4) is 0 Å². The summed E-state index contributed by atoms with van der Waals surface area (Å²) < 4.78 is 28.7. The summed E-state index contributed by atoms with van der Waals surface area (Å²) in [7, 11) is 0. The van der Waals surface area contributed by atoms with Crippen LogP contribution >= 0.6 is 11.6 Å². The molecule has 0 radical (unpaired) electrons. The molecule has 1 amide bonds. The van der Waals surface area contributed by atoms with E-state index >= 15 is 0 Å². The molecular weight excluding hydrogens is 340 g/mol. The molecule has 1 aromatic heterocycles. The number of alkyl halides is 2. The van der Waals surface area contributed by atoms with Crippen molar-refractivity contribution >= 4 is 34.1 Å². The topological polar surface area (TPSA) is 67.0 Å². The summed E-state index contributed by atoms with van der Waals surface area (Å²) in [6.07, 6.45) is 0. The van der Waals surface area contributed by atoms with Crippen LogP contribution in [0.2, 0.25) is 5.02 Å². The van der Waals surface area contributed by atoms with E-state index in [1.807, 2.05) is 25.1 Å². The number of benzene rings is 2. The third-order valence-corrected chi connectivity index (χ3v) is 3.63. The van der Waals surface area contributed by atoms with Gasteiger partial charge in [-0.15, -0.1) is 0 Å². The highest BCUT2D eigenvalue weighted by Crippen LogP contribution is 2.29. The fourth-order valence-electron chi connectivity index (χ4n) is 2.26. The number of aromatic nitrogens is 2. The Morgan fingerprint density at radius 1 is 1.29 bits per heavy atom. The second-order valence-corrected chi connectivity index (χ2v) is 5.51. The standard InChI is InChI=1S/C16H12ClF2N3O2/c1-8-2-4-12-10(6-8)14(22-21-12)15(23)20-9-3-5-13(11(17)7-9)24-16(18)19/h2-7,16H,1H3,(H,20,23)(H,21,22). The third kappa shape index (κ3) is 3.30. The van der Waals surface area contributed by atoms with Gasteiger partial charge in [-0.25, -0.2) is 0 Å². The summed E-state index contributed by atoms with van der Waals surface area (Å²) in [5.74, 6) is -0.601. The van der Waals surface area contributed by atoms with E-state index in [9.17, 15) is 13.6 Å². The fourth-order valence-corrected chi connectivity index (χ4v) is 2.49. The number of carbonyl (C=O) groups is 1. The zero-order valence-corrected chi connectivity index (χ0v) is 13.2. The molecule has 0 aliphatic carbocycles. The lowest BCUT2D eigenvalue weighted by Gasteiger charge is -2.09. The van der Waals surface area contributed by atoms with E-state index in [-0.39, 0.29) is 16.5 Å². The monoisotopic (exact) mass is 351 g/mol. The number of rotatable bonds is 4. The van der Waals surface area contributed by atoms with Gasteiger partial charge in [-0.2, -0.15) is 13.9 Å². The number of ether oxygens (including phenoxy) is 1. The molecule has 8 heteroatoms. The molecule has 124 valence electrons. The van der Waals surface area contributed by atoms with Crippen LogP contribution in [0.15, 0.2) is 36.4 Å². The number of H-pyrrole nitrogens is 1. The molecular formula is C16H12ClF2N3O2. The number of nitrogens with one attached hydrogen (secondary N) is 2. The van der Waals surface area contributed by atoms with E-state index in [4.69, 9.17) is 11.6 Å². The highest BCUT2D eigenvalue weighted by Gasteiger charge is 2.16. The maximum atomic E-state index is 12.4. The smallest absolute Gasteiger partial charge is 0.387 e. The van der Waals surface area contributed by atoms with Crippen LogP contribution in [0.1, 0.15) is 16.1 Å². The predicted molar refractivity (Wildman–Crippen MR) is 86.9 cm³/mol. The number of hydrogen-bond acceptors (Lipinski definition) is 3. The summed E-state index contributed by atoms with van der Waals surface area (Å²) in [5.41, 5.74) is 2.31. The Kier molecular flexibility index (Phi) is 4.35. The van der Waals surface area contributed by atoms with Crippen LogP contribution in [0.4, 0.5) is 14.5 Å². The molecule has 3 aromatic rings. The molecule has 0 spiro atoms. The zero-order chi connectivity index (χ0) is 17.3. The Bertz CT molecular complexity index is 911. The SMILES string of the molecule is Cc1ccc2[nH]nc(C(=O)Nc3ccc(OC(F)F)c(Cl)c3)c2c1. The van der Waals surface area contributed by atoms with Crippen LogP contribution in [0, 0.1) is 6.92 Å².